The predicted octanol–water partition coefficient (Wildman–Crippen LogP) is 7.78. The molecule has 0 radical (unpaired) electrons. The monoisotopic (exact) mass is 1060 g/mol. The maximum Gasteiger partial charge on any atom is 0.262 e. The van der Waals surface area contributed by atoms with E-state index >= 15 is 0 Å². The summed E-state index contributed by atoms with van der Waals surface area (Å²) in [5.74, 6) is -0.602. The lowest BCUT2D eigenvalue weighted by atomic mass is 10.3. The fourth-order valence-electron chi connectivity index (χ4n) is 3.56. The van der Waals surface area contributed by atoms with Crippen molar-refractivity contribution in [3.63, 3.8) is 0 Å². The summed E-state index contributed by atoms with van der Waals surface area (Å²) in [7, 11) is -14.1. The number of rotatable bonds is 9. The molecule has 0 aliphatic rings. The Bertz CT molecular complexity index is 1870. The van der Waals surface area contributed by atoms with E-state index in [-0.39, 0.29) is 61.1 Å². The van der Waals surface area contributed by atoms with E-state index in [9.17, 15) is 40.6 Å². The van der Waals surface area contributed by atoms with Gasteiger partial charge in [0, 0.05) is 26.8 Å². The minimum atomic E-state index is -4.71. The molecule has 0 atom stereocenters. The standard InChI is InChI=1S/C24H15Br6N3O9S3/c25-16-1-10(34)2-17(26)22(16)31-43(37,38)13-7-14(44(39,40)32-23-18(27)3-11(35)4-19(23)28)9-15(8-13)45(41,42)33-24-20(29)5-12(36)6-21(24)30/h1-9,31-36H. The van der Waals surface area contributed by atoms with E-state index < -0.39 is 44.8 Å². The molecule has 4 rings (SSSR count). The Hall–Kier alpha value is -1.59. The van der Waals surface area contributed by atoms with Crippen molar-refractivity contribution in [3.8, 4) is 17.2 Å². The van der Waals surface area contributed by atoms with Crippen LogP contribution in [0.15, 0.2) is 96.1 Å². The van der Waals surface area contributed by atoms with Gasteiger partial charge >= 0.3 is 0 Å². The zero-order chi connectivity index (χ0) is 33.6. The van der Waals surface area contributed by atoms with Gasteiger partial charge in [-0.25, -0.2) is 25.3 Å². The van der Waals surface area contributed by atoms with E-state index in [0.29, 0.717) is 0 Å². The highest BCUT2D eigenvalue weighted by atomic mass is 79.9. The molecule has 0 bridgehead atoms. The molecule has 0 unspecified atom stereocenters. The van der Waals surface area contributed by atoms with Crippen molar-refractivity contribution in [2.45, 2.75) is 14.7 Å². The smallest absolute Gasteiger partial charge is 0.262 e. The quantitative estimate of drug-likeness (QED) is 0.0907. The van der Waals surface area contributed by atoms with Gasteiger partial charge in [-0.3, -0.25) is 14.2 Å². The van der Waals surface area contributed by atoms with Crippen LogP contribution < -0.4 is 14.2 Å². The van der Waals surface area contributed by atoms with Gasteiger partial charge in [0.15, 0.2) is 0 Å². The van der Waals surface area contributed by atoms with Crippen LogP contribution in [-0.4, -0.2) is 40.6 Å². The van der Waals surface area contributed by atoms with Gasteiger partial charge < -0.3 is 15.3 Å². The average Bonchev–Trinajstić information content (AvgIpc) is 2.90. The number of nitrogens with one attached hydrogen (secondary N) is 3. The Balaban J connectivity index is 1.91. The van der Waals surface area contributed by atoms with Gasteiger partial charge in [0.2, 0.25) is 0 Å². The first-order valence-electron chi connectivity index (χ1n) is 11.5. The number of anilines is 3. The van der Waals surface area contributed by atoms with Crippen LogP contribution >= 0.6 is 95.6 Å². The number of hydrogen-bond acceptors (Lipinski definition) is 9. The van der Waals surface area contributed by atoms with Crippen LogP contribution in [0, 0.1) is 0 Å². The van der Waals surface area contributed by atoms with Gasteiger partial charge in [0.05, 0.1) is 31.7 Å². The summed E-state index contributed by atoms with van der Waals surface area (Å²) in [6.07, 6.45) is 0. The number of halogens is 6. The molecule has 4 aromatic carbocycles. The summed E-state index contributed by atoms with van der Waals surface area (Å²) < 4.78 is 89.2. The number of hydrogen-bond donors (Lipinski definition) is 6. The van der Waals surface area contributed by atoms with Crippen LogP contribution in [0.25, 0.3) is 0 Å². The van der Waals surface area contributed by atoms with Gasteiger partial charge in [-0.05, 0) is 150 Å². The largest absolute Gasteiger partial charge is 0.508 e. The maximum atomic E-state index is 13.6. The van der Waals surface area contributed by atoms with E-state index in [2.05, 4.69) is 110 Å². The van der Waals surface area contributed by atoms with Gasteiger partial charge in [0.1, 0.15) is 17.2 Å². The summed E-state index contributed by atoms with van der Waals surface area (Å²) in [5, 5.41) is 29.4. The van der Waals surface area contributed by atoms with Gasteiger partial charge in [0.25, 0.3) is 30.1 Å². The molecule has 0 aliphatic heterocycles. The second-order valence-electron chi connectivity index (χ2n) is 8.81. The van der Waals surface area contributed by atoms with Crippen LogP contribution in [0.3, 0.4) is 0 Å². The fraction of sp³-hybridized carbons (Fsp3) is 0. The third-order valence-corrected chi connectivity index (χ3v) is 13.3. The highest BCUT2D eigenvalue weighted by Gasteiger charge is 2.28. The molecule has 0 saturated heterocycles. The SMILES string of the molecule is O=S(=O)(Nc1c(Br)cc(O)cc1Br)c1cc(S(=O)(=O)Nc2c(Br)cc(O)cc2Br)cc(S(=O)(=O)Nc2c(Br)cc(O)cc2Br)c1. The molecule has 0 amide bonds. The first kappa shape index (κ1) is 36.2. The van der Waals surface area contributed by atoms with E-state index in [1.165, 1.54) is 36.4 Å². The minimum absolute atomic E-state index is 0.0735. The van der Waals surface area contributed by atoms with E-state index in [0.717, 1.165) is 18.2 Å². The first-order valence-corrected chi connectivity index (χ1v) is 20.7. The minimum Gasteiger partial charge on any atom is -0.508 e. The summed E-state index contributed by atoms with van der Waals surface area (Å²) in [6, 6.07) is 9.47. The molecular formula is C24H15Br6N3O9S3. The van der Waals surface area contributed by atoms with Crippen LogP contribution in [0.2, 0.25) is 0 Å². The normalized spacial score (nSPS) is 12.1. The van der Waals surface area contributed by atoms with Crippen molar-refractivity contribution in [1.29, 1.82) is 0 Å². The van der Waals surface area contributed by atoms with E-state index in [1.807, 2.05) is 0 Å². The molecule has 0 aromatic heterocycles. The lowest BCUT2D eigenvalue weighted by Crippen LogP contribution is -2.20. The number of benzene rings is 4. The molecule has 0 saturated carbocycles. The number of sulfonamides is 3. The molecule has 21 heteroatoms. The Morgan fingerprint density at radius 3 is 0.733 bits per heavy atom. The zero-order valence-corrected chi connectivity index (χ0v) is 33.4. The summed E-state index contributed by atoms with van der Waals surface area (Å²) in [6.45, 7) is 0. The van der Waals surface area contributed by atoms with Crippen LogP contribution in [0.1, 0.15) is 0 Å². The Kier molecular flexibility index (Phi) is 10.9. The van der Waals surface area contributed by atoms with Crippen molar-refractivity contribution >= 4 is 143 Å². The highest BCUT2D eigenvalue weighted by Crippen LogP contribution is 2.40. The molecule has 0 aliphatic carbocycles. The third-order valence-electron chi connectivity index (χ3n) is 5.57. The number of phenols is 3. The lowest BCUT2D eigenvalue weighted by Gasteiger charge is -2.17. The number of phenolic OH excluding ortho intramolecular Hbond substituents is 3. The van der Waals surface area contributed by atoms with Gasteiger partial charge in [-0.1, -0.05) is 0 Å². The van der Waals surface area contributed by atoms with Gasteiger partial charge in [-0.15, -0.1) is 0 Å². The van der Waals surface area contributed by atoms with Crippen LogP contribution in [-0.2, 0) is 30.1 Å². The second kappa shape index (κ2) is 13.5. The average molecular weight is 1070 g/mol. The molecule has 0 heterocycles. The zero-order valence-electron chi connectivity index (χ0n) is 21.5. The highest BCUT2D eigenvalue weighted by molar-refractivity contribution is 9.12. The van der Waals surface area contributed by atoms with Crippen molar-refractivity contribution in [3.05, 3.63) is 81.4 Å². The van der Waals surface area contributed by atoms with Gasteiger partial charge in [-0.2, -0.15) is 0 Å². The lowest BCUT2D eigenvalue weighted by molar-refractivity contribution is 0.474. The molecule has 240 valence electrons. The Morgan fingerprint density at radius 2 is 0.556 bits per heavy atom. The molecule has 45 heavy (non-hydrogen) atoms. The molecule has 4 aromatic rings. The van der Waals surface area contributed by atoms with Crippen molar-refractivity contribution in [2.75, 3.05) is 14.2 Å². The van der Waals surface area contributed by atoms with Crippen LogP contribution in [0.5, 0.6) is 17.2 Å². The predicted molar refractivity (Wildman–Crippen MR) is 189 cm³/mol. The maximum absolute atomic E-state index is 13.6. The molecular weight excluding hydrogens is 1050 g/mol. The second-order valence-corrected chi connectivity index (χ2v) is 19.0. The summed E-state index contributed by atoms with van der Waals surface area (Å²) >= 11 is 18.9. The van der Waals surface area contributed by atoms with Crippen molar-refractivity contribution < 1.29 is 40.6 Å². The van der Waals surface area contributed by atoms with Crippen molar-refractivity contribution in [1.82, 2.24) is 0 Å². The molecule has 12 nitrogen and oxygen atoms in total. The van der Waals surface area contributed by atoms with E-state index in [1.54, 1.807) is 0 Å². The first-order chi connectivity index (χ1) is 20.7. The van der Waals surface area contributed by atoms with Crippen molar-refractivity contribution in [2.24, 2.45) is 0 Å². The molecule has 6 N–H and O–H groups in total. The molecule has 0 spiro atoms. The fourth-order valence-corrected chi connectivity index (χ4v) is 12.2. The summed E-state index contributed by atoms with van der Waals surface area (Å²) in [4.78, 5) is -2.28. The Morgan fingerprint density at radius 1 is 0.378 bits per heavy atom. The molecule has 0 fully saturated rings. The van der Waals surface area contributed by atoms with E-state index in [4.69, 9.17) is 0 Å². The summed E-state index contributed by atoms with van der Waals surface area (Å²) in [5.41, 5.74) is -0.220. The Labute approximate surface area is 307 Å². The van der Waals surface area contributed by atoms with Crippen LogP contribution in [0.4, 0.5) is 17.1 Å². The third kappa shape index (κ3) is 8.29. The topological polar surface area (TPSA) is 199 Å². The number of aromatic hydroxyl groups is 3.